The van der Waals surface area contributed by atoms with Gasteiger partial charge in [0.25, 0.3) is 11.8 Å². The van der Waals surface area contributed by atoms with Gasteiger partial charge in [-0.1, -0.05) is 11.6 Å². The zero-order chi connectivity index (χ0) is 35.8. The van der Waals surface area contributed by atoms with Gasteiger partial charge in [0, 0.05) is 47.2 Å². The van der Waals surface area contributed by atoms with Crippen LogP contribution in [-0.2, 0) is 23.7 Å². The van der Waals surface area contributed by atoms with E-state index in [1.807, 2.05) is 0 Å². The number of halogens is 6. The number of benzene rings is 3. The predicted octanol–water partition coefficient (Wildman–Crippen LogP) is 6.35. The van der Waals surface area contributed by atoms with Crippen molar-refractivity contribution in [1.29, 1.82) is 0 Å². The molecule has 1 atom stereocenters. The van der Waals surface area contributed by atoms with Crippen molar-refractivity contribution in [2.45, 2.75) is 38.3 Å². The van der Waals surface area contributed by atoms with Gasteiger partial charge in [-0.2, -0.15) is 18.3 Å². The molecule has 49 heavy (non-hydrogen) atoms. The van der Waals surface area contributed by atoms with Crippen LogP contribution in [0.1, 0.15) is 63.9 Å². The van der Waals surface area contributed by atoms with Crippen LogP contribution in [0.4, 0.5) is 32.4 Å². The number of aryl methyl sites for hydroxylation is 1. The first-order valence-corrected chi connectivity index (χ1v) is 15.0. The van der Waals surface area contributed by atoms with E-state index in [-0.39, 0.29) is 57.5 Å². The Morgan fingerprint density at radius 1 is 1.08 bits per heavy atom. The van der Waals surface area contributed by atoms with Crippen molar-refractivity contribution < 1.29 is 46.2 Å². The first kappa shape index (κ1) is 33.9. The number of carbonyl (C=O) groups is 3. The van der Waals surface area contributed by atoms with Crippen LogP contribution in [0.15, 0.2) is 48.0 Å². The summed E-state index contributed by atoms with van der Waals surface area (Å²) >= 11 is 6.33. The minimum Gasteiger partial charge on any atom is -0.444 e. The Bertz CT molecular complexity index is 2120. The molecule has 10 nitrogen and oxygen atoms in total. The standard InChI is InChI=1S/C33H27ClF5N5O5/c1-31(2,3)49-30(47)44-13-15(14-44)7-24-20-12-23(40-28(45)16-8-17(33(37,38)39)10-19(36)9-16)26-25(27(20)42-43(24)4)29(46)41-32(26,48)21-11-18(35)5-6-22(21)34/h5-12,48H,13-14H2,1-4H3,(H,40,45)(H,41,46). The zero-order valence-corrected chi connectivity index (χ0v) is 27.0. The summed E-state index contributed by atoms with van der Waals surface area (Å²) in [5, 5.41) is 21.4. The van der Waals surface area contributed by atoms with E-state index in [0.717, 1.165) is 23.8 Å². The highest BCUT2D eigenvalue weighted by atomic mass is 35.5. The van der Waals surface area contributed by atoms with E-state index in [0.29, 0.717) is 17.8 Å². The van der Waals surface area contributed by atoms with Crippen molar-refractivity contribution in [3.05, 3.63) is 98.2 Å². The van der Waals surface area contributed by atoms with Crippen LogP contribution in [-0.4, -0.2) is 56.4 Å². The van der Waals surface area contributed by atoms with E-state index in [9.17, 15) is 41.4 Å². The molecule has 1 fully saturated rings. The van der Waals surface area contributed by atoms with E-state index < -0.39 is 58.2 Å². The van der Waals surface area contributed by atoms with E-state index in [1.54, 1.807) is 33.9 Å². The number of rotatable bonds is 4. The highest BCUT2D eigenvalue weighted by molar-refractivity contribution is 6.31. The van der Waals surface area contributed by atoms with Gasteiger partial charge in [-0.05, 0) is 74.9 Å². The quantitative estimate of drug-likeness (QED) is 0.213. The van der Waals surface area contributed by atoms with Gasteiger partial charge in [0.05, 0.1) is 22.5 Å². The Hall–Kier alpha value is -5.02. The second kappa shape index (κ2) is 11.6. The summed E-state index contributed by atoms with van der Waals surface area (Å²) < 4.78 is 75.9. The third-order valence-electron chi connectivity index (χ3n) is 7.89. The summed E-state index contributed by atoms with van der Waals surface area (Å²) in [4.78, 5) is 41.0. The van der Waals surface area contributed by atoms with Gasteiger partial charge < -0.3 is 25.4 Å². The Morgan fingerprint density at radius 3 is 2.43 bits per heavy atom. The molecule has 0 radical (unpaired) electrons. The van der Waals surface area contributed by atoms with Gasteiger partial charge in [0.1, 0.15) is 22.8 Å². The molecule has 0 aliphatic carbocycles. The molecule has 0 saturated carbocycles. The fourth-order valence-corrected chi connectivity index (χ4v) is 6.00. The lowest BCUT2D eigenvalue weighted by molar-refractivity contribution is -0.137. The average Bonchev–Trinajstić information content (AvgIpc) is 3.42. The van der Waals surface area contributed by atoms with Crippen molar-refractivity contribution in [3.63, 3.8) is 0 Å². The number of likely N-dealkylation sites (tertiary alicyclic amines) is 1. The lowest BCUT2D eigenvalue weighted by Crippen LogP contribution is -2.46. The molecule has 6 rings (SSSR count). The van der Waals surface area contributed by atoms with Crippen molar-refractivity contribution in [2.24, 2.45) is 7.05 Å². The molecule has 1 aromatic heterocycles. The SMILES string of the molecule is Cn1nc2c3c(c(NC(=O)c4cc(F)cc(C(F)(F)F)c4)cc2c1C=C1CN(C(=O)OC(C)(C)C)C1)C(O)(c1cc(F)ccc1Cl)NC3=O. The molecule has 256 valence electrons. The van der Waals surface area contributed by atoms with Gasteiger partial charge in [-0.25, -0.2) is 13.6 Å². The molecule has 3 aromatic carbocycles. The summed E-state index contributed by atoms with van der Waals surface area (Å²) in [6, 6.07) is 5.63. The molecule has 2 aliphatic heterocycles. The number of fused-ring (bicyclic) bond motifs is 3. The molecule has 16 heteroatoms. The highest BCUT2D eigenvalue weighted by Gasteiger charge is 2.48. The maximum Gasteiger partial charge on any atom is 0.416 e. The Labute approximate surface area is 280 Å². The van der Waals surface area contributed by atoms with Crippen LogP contribution in [0.2, 0.25) is 5.02 Å². The van der Waals surface area contributed by atoms with Crippen LogP contribution in [0, 0.1) is 11.6 Å². The van der Waals surface area contributed by atoms with E-state index in [1.165, 1.54) is 15.6 Å². The number of nitrogens with one attached hydrogen (secondary N) is 2. The maximum absolute atomic E-state index is 14.4. The number of ether oxygens (including phenoxy) is 1. The summed E-state index contributed by atoms with van der Waals surface area (Å²) in [6.07, 6.45) is -3.78. The summed E-state index contributed by atoms with van der Waals surface area (Å²) in [5.41, 5.74) is -5.32. The van der Waals surface area contributed by atoms with Gasteiger partial charge >= 0.3 is 12.3 Å². The fourth-order valence-electron chi connectivity index (χ4n) is 5.75. The highest BCUT2D eigenvalue weighted by Crippen LogP contribution is 2.46. The van der Waals surface area contributed by atoms with Crippen LogP contribution >= 0.6 is 11.6 Å². The summed E-state index contributed by atoms with van der Waals surface area (Å²) in [7, 11) is 1.56. The maximum atomic E-state index is 14.4. The van der Waals surface area contributed by atoms with Crippen molar-refractivity contribution >= 4 is 52.2 Å². The fraction of sp³-hybridized carbons (Fsp3) is 0.273. The normalized spacial score (nSPS) is 17.5. The molecule has 4 aromatic rings. The molecule has 1 saturated heterocycles. The van der Waals surface area contributed by atoms with Crippen molar-refractivity contribution in [1.82, 2.24) is 20.0 Å². The number of hydrogen-bond acceptors (Lipinski definition) is 6. The van der Waals surface area contributed by atoms with E-state index in [4.69, 9.17) is 16.3 Å². The monoisotopic (exact) mass is 703 g/mol. The zero-order valence-electron chi connectivity index (χ0n) is 26.2. The van der Waals surface area contributed by atoms with Gasteiger partial charge in [-0.15, -0.1) is 0 Å². The number of aromatic nitrogens is 2. The third-order valence-corrected chi connectivity index (χ3v) is 8.22. The summed E-state index contributed by atoms with van der Waals surface area (Å²) in [6.45, 7) is 5.65. The number of hydrogen-bond donors (Lipinski definition) is 3. The Morgan fingerprint density at radius 2 is 1.78 bits per heavy atom. The molecule has 1 unspecified atom stereocenters. The number of amides is 3. The smallest absolute Gasteiger partial charge is 0.416 e. The molecular formula is C33H27ClF5N5O5. The number of alkyl halides is 3. The number of anilines is 1. The van der Waals surface area contributed by atoms with Gasteiger partial charge in [0.2, 0.25) is 0 Å². The lowest BCUT2D eigenvalue weighted by atomic mass is 9.90. The van der Waals surface area contributed by atoms with Crippen molar-refractivity contribution in [2.75, 3.05) is 18.4 Å². The third kappa shape index (κ3) is 6.19. The second-order valence-electron chi connectivity index (χ2n) is 12.7. The summed E-state index contributed by atoms with van der Waals surface area (Å²) in [5.74, 6) is -4.26. The van der Waals surface area contributed by atoms with Crippen molar-refractivity contribution in [3.8, 4) is 0 Å². The number of nitrogens with zero attached hydrogens (tertiary/aromatic N) is 3. The average molecular weight is 704 g/mol. The molecule has 0 bridgehead atoms. The molecule has 3 amide bonds. The lowest BCUT2D eigenvalue weighted by Gasteiger charge is -2.35. The minimum atomic E-state index is -4.97. The van der Waals surface area contributed by atoms with Crippen LogP contribution in [0.3, 0.4) is 0 Å². The van der Waals surface area contributed by atoms with Crippen LogP contribution < -0.4 is 10.6 Å². The predicted molar refractivity (Wildman–Crippen MR) is 168 cm³/mol. The van der Waals surface area contributed by atoms with E-state index in [2.05, 4.69) is 15.7 Å². The van der Waals surface area contributed by atoms with Crippen LogP contribution in [0.25, 0.3) is 17.0 Å². The topological polar surface area (TPSA) is 126 Å². The Balaban J connectivity index is 1.50. The van der Waals surface area contributed by atoms with Gasteiger partial charge in [-0.3, -0.25) is 14.3 Å². The molecular weight excluding hydrogens is 677 g/mol. The van der Waals surface area contributed by atoms with Gasteiger partial charge in [0.15, 0.2) is 5.72 Å². The van der Waals surface area contributed by atoms with Crippen LogP contribution in [0.5, 0.6) is 0 Å². The van der Waals surface area contributed by atoms with E-state index >= 15 is 0 Å². The molecule has 0 spiro atoms. The first-order chi connectivity index (χ1) is 22.7. The second-order valence-corrected chi connectivity index (χ2v) is 13.1. The molecule has 3 N–H and O–H groups in total. The minimum absolute atomic E-state index is 0.0525. The molecule has 2 aliphatic rings. The first-order valence-electron chi connectivity index (χ1n) is 14.7. The number of carbonyl (C=O) groups excluding carboxylic acids is 3. The Kier molecular flexibility index (Phi) is 7.98. The largest absolute Gasteiger partial charge is 0.444 e. The molecule has 3 heterocycles. The number of aliphatic hydroxyl groups is 1.